The van der Waals surface area contributed by atoms with Crippen molar-refractivity contribution in [3.8, 4) is 0 Å². The zero-order valence-corrected chi connectivity index (χ0v) is 12.5. The molecule has 2 aromatic rings. The third kappa shape index (κ3) is 3.96. The summed E-state index contributed by atoms with van der Waals surface area (Å²) in [6.45, 7) is 2.26. The molecule has 21 heavy (non-hydrogen) atoms. The molecule has 1 atom stereocenters. The summed E-state index contributed by atoms with van der Waals surface area (Å²) in [5, 5.41) is 13.6. The van der Waals surface area contributed by atoms with Crippen molar-refractivity contribution in [2.45, 2.75) is 12.5 Å². The van der Waals surface area contributed by atoms with E-state index in [1.807, 2.05) is 19.0 Å². The van der Waals surface area contributed by atoms with Gasteiger partial charge in [0.15, 0.2) is 5.76 Å². The number of likely N-dealkylation sites (N-methyl/N-ethyl adjacent to an activating group) is 1. The van der Waals surface area contributed by atoms with Crippen LogP contribution in [0, 0.1) is 0 Å². The molecule has 6 heteroatoms. The number of benzene rings is 1. The van der Waals surface area contributed by atoms with Gasteiger partial charge < -0.3 is 25.5 Å². The first-order valence-electron chi connectivity index (χ1n) is 6.71. The molecule has 1 aromatic carbocycles. The second-order valence-electron chi connectivity index (χ2n) is 5.83. The molecular weight excluding hydrogens is 270 g/mol. The minimum absolute atomic E-state index is 0.142. The highest BCUT2D eigenvalue weighted by molar-refractivity contribution is 5.96. The Hall–Kier alpha value is -2.05. The molecule has 0 radical (unpaired) electrons. The van der Waals surface area contributed by atoms with E-state index in [-0.39, 0.29) is 18.2 Å². The van der Waals surface area contributed by atoms with Gasteiger partial charge in [0.05, 0.1) is 5.60 Å². The van der Waals surface area contributed by atoms with E-state index < -0.39 is 5.60 Å². The largest absolute Gasteiger partial charge is 0.451 e. The normalized spacial score (nSPS) is 14.3. The molecule has 0 spiro atoms. The van der Waals surface area contributed by atoms with Crippen molar-refractivity contribution >= 4 is 22.6 Å². The summed E-state index contributed by atoms with van der Waals surface area (Å²) in [5.74, 6) is -0.153. The van der Waals surface area contributed by atoms with Gasteiger partial charge in [-0.1, -0.05) is 0 Å². The molecule has 6 nitrogen and oxygen atoms in total. The fraction of sp³-hybridized carbons (Fsp3) is 0.400. The highest BCUT2D eigenvalue weighted by Gasteiger charge is 2.23. The van der Waals surface area contributed by atoms with Gasteiger partial charge >= 0.3 is 0 Å². The van der Waals surface area contributed by atoms with E-state index in [0.29, 0.717) is 17.8 Å². The van der Waals surface area contributed by atoms with E-state index in [4.69, 9.17) is 10.2 Å². The van der Waals surface area contributed by atoms with Crippen molar-refractivity contribution < 1.29 is 14.3 Å². The molecule has 114 valence electrons. The Morgan fingerprint density at radius 3 is 2.81 bits per heavy atom. The van der Waals surface area contributed by atoms with Crippen molar-refractivity contribution in [3.63, 3.8) is 0 Å². The van der Waals surface area contributed by atoms with Crippen LogP contribution < -0.4 is 11.1 Å². The number of nitrogens with one attached hydrogen (secondary N) is 1. The summed E-state index contributed by atoms with van der Waals surface area (Å²) in [6.07, 6.45) is 0. The van der Waals surface area contributed by atoms with E-state index in [9.17, 15) is 9.90 Å². The second kappa shape index (κ2) is 5.75. The van der Waals surface area contributed by atoms with Crippen molar-refractivity contribution in [1.29, 1.82) is 0 Å². The first-order valence-corrected chi connectivity index (χ1v) is 6.71. The SMILES string of the molecule is CN(C)CC(C)(O)CNC(=O)c1cc2cc(N)ccc2o1. The van der Waals surface area contributed by atoms with Gasteiger partial charge in [0.1, 0.15) is 5.58 Å². The quantitative estimate of drug-likeness (QED) is 0.716. The Morgan fingerprint density at radius 1 is 1.43 bits per heavy atom. The Bertz CT molecular complexity index is 647. The predicted molar refractivity (Wildman–Crippen MR) is 82.1 cm³/mol. The van der Waals surface area contributed by atoms with Crippen molar-refractivity contribution in [2.75, 3.05) is 32.9 Å². The molecule has 4 N–H and O–H groups in total. The number of carbonyl (C=O) groups is 1. The van der Waals surface area contributed by atoms with E-state index in [1.165, 1.54) is 0 Å². The molecule has 0 aliphatic heterocycles. The maximum atomic E-state index is 12.1. The molecule has 1 amide bonds. The standard InChI is InChI=1S/C15H21N3O3/c1-15(20,9-18(2)3)8-17-14(19)13-7-10-6-11(16)4-5-12(10)21-13/h4-7,20H,8-9,16H2,1-3H3,(H,17,19). The summed E-state index contributed by atoms with van der Waals surface area (Å²) in [7, 11) is 3.72. The topological polar surface area (TPSA) is 91.7 Å². The number of fused-ring (bicyclic) bond motifs is 1. The molecule has 0 bridgehead atoms. The summed E-state index contributed by atoms with van der Waals surface area (Å²) < 4.78 is 5.47. The molecule has 1 unspecified atom stereocenters. The Labute approximate surface area is 123 Å². The lowest BCUT2D eigenvalue weighted by Crippen LogP contribution is -2.47. The lowest BCUT2D eigenvalue weighted by Gasteiger charge is -2.26. The van der Waals surface area contributed by atoms with Crippen molar-refractivity contribution in [2.24, 2.45) is 0 Å². The summed E-state index contributed by atoms with van der Waals surface area (Å²) in [5.41, 5.74) is 5.91. The van der Waals surface area contributed by atoms with E-state index in [2.05, 4.69) is 5.32 Å². The number of anilines is 1. The molecule has 0 saturated carbocycles. The molecule has 0 saturated heterocycles. The van der Waals surface area contributed by atoms with Gasteiger partial charge in [0.25, 0.3) is 5.91 Å². The van der Waals surface area contributed by atoms with Crippen molar-refractivity contribution in [1.82, 2.24) is 10.2 Å². The Balaban J connectivity index is 2.05. The highest BCUT2D eigenvalue weighted by atomic mass is 16.3. The smallest absolute Gasteiger partial charge is 0.287 e. The Morgan fingerprint density at radius 2 is 2.14 bits per heavy atom. The minimum Gasteiger partial charge on any atom is -0.451 e. The minimum atomic E-state index is -1.00. The number of hydrogen-bond donors (Lipinski definition) is 3. The average molecular weight is 291 g/mol. The van der Waals surface area contributed by atoms with Gasteiger partial charge in [-0.05, 0) is 45.3 Å². The van der Waals surface area contributed by atoms with Crippen LogP contribution in [0.1, 0.15) is 17.5 Å². The zero-order chi connectivity index (χ0) is 15.6. The third-order valence-corrected chi connectivity index (χ3v) is 3.05. The van der Waals surface area contributed by atoms with Crippen LogP contribution in [-0.2, 0) is 0 Å². The van der Waals surface area contributed by atoms with Gasteiger partial charge in [-0.3, -0.25) is 4.79 Å². The van der Waals surface area contributed by atoms with E-state index in [1.54, 1.807) is 31.2 Å². The van der Waals surface area contributed by atoms with Gasteiger partial charge in [-0.15, -0.1) is 0 Å². The van der Waals surface area contributed by atoms with Crippen LogP contribution in [0.5, 0.6) is 0 Å². The maximum Gasteiger partial charge on any atom is 0.287 e. The number of hydrogen-bond acceptors (Lipinski definition) is 5. The molecule has 0 aliphatic carbocycles. The maximum absolute atomic E-state index is 12.1. The fourth-order valence-corrected chi connectivity index (χ4v) is 2.27. The van der Waals surface area contributed by atoms with Gasteiger partial charge in [-0.2, -0.15) is 0 Å². The van der Waals surface area contributed by atoms with Crippen LogP contribution in [0.2, 0.25) is 0 Å². The van der Waals surface area contributed by atoms with Crippen LogP contribution >= 0.6 is 0 Å². The monoisotopic (exact) mass is 291 g/mol. The van der Waals surface area contributed by atoms with Gasteiger partial charge in [-0.25, -0.2) is 0 Å². The number of nitrogens with two attached hydrogens (primary N) is 1. The Kier molecular flexibility index (Phi) is 4.20. The molecule has 0 fully saturated rings. The average Bonchev–Trinajstić information content (AvgIpc) is 2.77. The number of nitrogens with zero attached hydrogens (tertiary/aromatic N) is 1. The van der Waals surface area contributed by atoms with E-state index >= 15 is 0 Å². The highest BCUT2D eigenvalue weighted by Crippen LogP contribution is 2.21. The van der Waals surface area contributed by atoms with Gasteiger partial charge in [0.2, 0.25) is 0 Å². The zero-order valence-electron chi connectivity index (χ0n) is 12.5. The summed E-state index contributed by atoms with van der Waals surface area (Å²) >= 11 is 0. The number of furan rings is 1. The number of rotatable bonds is 5. The first kappa shape index (κ1) is 15.3. The fourth-order valence-electron chi connectivity index (χ4n) is 2.27. The number of aliphatic hydroxyl groups is 1. The second-order valence-corrected chi connectivity index (χ2v) is 5.83. The van der Waals surface area contributed by atoms with Crippen LogP contribution in [0.25, 0.3) is 11.0 Å². The van der Waals surface area contributed by atoms with E-state index in [0.717, 1.165) is 5.39 Å². The molecule has 1 heterocycles. The molecule has 2 rings (SSSR count). The van der Waals surface area contributed by atoms with Crippen LogP contribution in [0.4, 0.5) is 5.69 Å². The molecular formula is C15H21N3O3. The van der Waals surface area contributed by atoms with Crippen LogP contribution in [0.15, 0.2) is 28.7 Å². The molecule has 1 aromatic heterocycles. The number of nitrogen functional groups attached to an aromatic ring is 1. The van der Waals surface area contributed by atoms with Crippen LogP contribution in [-0.4, -0.2) is 48.7 Å². The summed E-state index contributed by atoms with van der Waals surface area (Å²) in [4.78, 5) is 13.9. The van der Waals surface area contributed by atoms with Gasteiger partial charge in [0, 0.05) is 24.2 Å². The predicted octanol–water partition coefficient (Wildman–Crippen LogP) is 1.06. The summed E-state index contributed by atoms with van der Waals surface area (Å²) in [6, 6.07) is 6.83. The van der Waals surface area contributed by atoms with Crippen molar-refractivity contribution in [3.05, 3.63) is 30.0 Å². The van der Waals surface area contributed by atoms with Crippen LogP contribution in [0.3, 0.4) is 0 Å². The molecule has 0 aliphatic rings. The number of amides is 1. The third-order valence-electron chi connectivity index (χ3n) is 3.05. The first-order chi connectivity index (χ1) is 9.77. The lowest BCUT2D eigenvalue weighted by molar-refractivity contribution is 0.0322. The lowest BCUT2D eigenvalue weighted by atomic mass is 10.1. The number of carbonyl (C=O) groups excluding carboxylic acids is 1.